The van der Waals surface area contributed by atoms with Gasteiger partial charge in [0.2, 0.25) is 0 Å². The number of nitrogens with two attached hydrogens (primary N) is 1. The van der Waals surface area contributed by atoms with E-state index >= 15 is 0 Å². The maximum absolute atomic E-state index is 10.8. The highest BCUT2D eigenvalue weighted by Gasteiger charge is 2.19. The van der Waals surface area contributed by atoms with Crippen molar-refractivity contribution in [2.45, 2.75) is 25.2 Å². The van der Waals surface area contributed by atoms with E-state index in [2.05, 4.69) is 0 Å². The average Bonchev–Trinajstić information content (AvgIpc) is 2.17. The van der Waals surface area contributed by atoms with Crippen LogP contribution in [0.4, 0.5) is 5.69 Å². The van der Waals surface area contributed by atoms with Crippen molar-refractivity contribution in [1.29, 1.82) is 0 Å². The van der Waals surface area contributed by atoms with Gasteiger partial charge in [-0.3, -0.25) is 0 Å². The summed E-state index contributed by atoms with van der Waals surface area (Å²) in [7, 11) is 0. The Labute approximate surface area is 77.8 Å². The zero-order valence-corrected chi connectivity index (χ0v) is 7.49. The maximum atomic E-state index is 10.8. The number of nitrogen functional groups attached to an aromatic ring is 1. The number of anilines is 1. The molecule has 2 N–H and O–H groups in total. The molecule has 0 bridgehead atoms. The number of carbonyl (C=O) groups is 1. The number of benzene rings is 1. The molecule has 68 valence electrons. The Morgan fingerprint density at radius 3 is 3.08 bits per heavy atom. The molecule has 0 heterocycles. The van der Waals surface area contributed by atoms with Gasteiger partial charge < -0.3 is 10.5 Å². The van der Waals surface area contributed by atoms with Crippen LogP contribution in [0.5, 0.6) is 0 Å². The van der Waals surface area contributed by atoms with Crippen LogP contribution in [0.1, 0.15) is 29.9 Å². The topological polar surface area (TPSA) is 43.1 Å². The molecule has 13 heavy (non-hydrogen) atoms. The molecular formula is C11H13NO. The van der Waals surface area contributed by atoms with Crippen LogP contribution < -0.4 is 5.73 Å². The van der Waals surface area contributed by atoms with Crippen molar-refractivity contribution >= 4 is 12.0 Å². The summed E-state index contributed by atoms with van der Waals surface area (Å²) in [5.74, 6) is 0.0762. The molecule has 0 amide bonds. The Bertz CT molecular complexity index is 333. The van der Waals surface area contributed by atoms with Crippen LogP contribution in [0.25, 0.3) is 0 Å². The SMILES string of the molecule is Nc1ccc2c(c1)C(C=O)CCC2. The summed E-state index contributed by atoms with van der Waals surface area (Å²) in [6.45, 7) is 0. The molecule has 2 heteroatoms. The third kappa shape index (κ3) is 1.44. The van der Waals surface area contributed by atoms with Gasteiger partial charge in [0.25, 0.3) is 0 Å². The third-order valence-electron chi connectivity index (χ3n) is 2.69. The highest BCUT2D eigenvalue weighted by molar-refractivity contribution is 5.65. The van der Waals surface area contributed by atoms with Crippen LogP contribution in [0.15, 0.2) is 18.2 Å². The van der Waals surface area contributed by atoms with Crippen molar-refractivity contribution in [2.75, 3.05) is 5.73 Å². The summed E-state index contributed by atoms with van der Waals surface area (Å²) >= 11 is 0. The first-order valence-electron chi connectivity index (χ1n) is 4.65. The molecule has 1 atom stereocenters. The first-order valence-corrected chi connectivity index (χ1v) is 4.65. The lowest BCUT2D eigenvalue weighted by Gasteiger charge is -2.21. The van der Waals surface area contributed by atoms with Crippen LogP contribution >= 0.6 is 0 Å². The predicted octanol–water partition coefficient (Wildman–Crippen LogP) is 1.89. The van der Waals surface area contributed by atoms with E-state index in [0.717, 1.165) is 36.8 Å². The van der Waals surface area contributed by atoms with E-state index < -0.39 is 0 Å². The van der Waals surface area contributed by atoms with Gasteiger partial charge >= 0.3 is 0 Å². The Kier molecular flexibility index (Phi) is 2.05. The molecule has 0 saturated carbocycles. The van der Waals surface area contributed by atoms with E-state index in [1.165, 1.54) is 5.56 Å². The number of rotatable bonds is 1. The molecule has 1 aromatic rings. The molecule has 1 aromatic carbocycles. The fraction of sp³-hybridized carbons (Fsp3) is 0.364. The Morgan fingerprint density at radius 2 is 2.31 bits per heavy atom. The Morgan fingerprint density at radius 1 is 1.46 bits per heavy atom. The fourth-order valence-corrected chi connectivity index (χ4v) is 2.00. The fourth-order valence-electron chi connectivity index (χ4n) is 2.00. The van der Waals surface area contributed by atoms with E-state index in [9.17, 15) is 4.79 Å². The normalized spacial score (nSPS) is 20.8. The van der Waals surface area contributed by atoms with E-state index in [-0.39, 0.29) is 5.92 Å². The molecule has 0 spiro atoms. The van der Waals surface area contributed by atoms with E-state index in [1.54, 1.807) is 0 Å². The highest BCUT2D eigenvalue weighted by atomic mass is 16.1. The van der Waals surface area contributed by atoms with Gasteiger partial charge in [0.1, 0.15) is 6.29 Å². The first-order chi connectivity index (χ1) is 6.31. The van der Waals surface area contributed by atoms with Crippen molar-refractivity contribution < 1.29 is 4.79 Å². The van der Waals surface area contributed by atoms with Gasteiger partial charge in [-0.1, -0.05) is 6.07 Å². The molecule has 2 rings (SSSR count). The number of aldehydes is 1. The van der Waals surface area contributed by atoms with Gasteiger partial charge in [0, 0.05) is 11.6 Å². The number of hydrogen-bond acceptors (Lipinski definition) is 2. The van der Waals surface area contributed by atoms with Gasteiger partial charge in [0.15, 0.2) is 0 Å². The minimum Gasteiger partial charge on any atom is -0.399 e. The molecule has 0 aromatic heterocycles. The molecular weight excluding hydrogens is 162 g/mol. The zero-order valence-electron chi connectivity index (χ0n) is 7.49. The molecule has 1 aliphatic rings. The third-order valence-corrected chi connectivity index (χ3v) is 2.69. The van der Waals surface area contributed by atoms with E-state index in [1.807, 2.05) is 18.2 Å². The number of fused-ring (bicyclic) bond motifs is 1. The Balaban J connectivity index is 2.47. The second-order valence-electron chi connectivity index (χ2n) is 3.59. The van der Waals surface area contributed by atoms with E-state index in [0.29, 0.717) is 0 Å². The second kappa shape index (κ2) is 3.21. The number of aryl methyl sites for hydroxylation is 1. The Hall–Kier alpha value is -1.31. The summed E-state index contributed by atoms with van der Waals surface area (Å²) in [5.41, 5.74) is 8.87. The lowest BCUT2D eigenvalue weighted by atomic mass is 9.83. The monoisotopic (exact) mass is 175 g/mol. The minimum atomic E-state index is 0.0762. The summed E-state index contributed by atoms with van der Waals surface area (Å²) in [4.78, 5) is 10.8. The van der Waals surface area contributed by atoms with Crippen LogP contribution in [0, 0.1) is 0 Å². The van der Waals surface area contributed by atoms with Crippen molar-refractivity contribution in [2.24, 2.45) is 0 Å². The predicted molar refractivity (Wildman–Crippen MR) is 52.6 cm³/mol. The molecule has 0 fully saturated rings. The molecule has 2 nitrogen and oxygen atoms in total. The highest BCUT2D eigenvalue weighted by Crippen LogP contribution is 2.31. The van der Waals surface area contributed by atoms with Gasteiger partial charge in [-0.15, -0.1) is 0 Å². The number of hydrogen-bond donors (Lipinski definition) is 1. The van der Waals surface area contributed by atoms with Crippen LogP contribution in [0.2, 0.25) is 0 Å². The van der Waals surface area contributed by atoms with Crippen molar-refractivity contribution in [3.8, 4) is 0 Å². The average molecular weight is 175 g/mol. The van der Waals surface area contributed by atoms with Crippen LogP contribution in [-0.2, 0) is 11.2 Å². The zero-order chi connectivity index (χ0) is 9.26. The number of carbonyl (C=O) groups excluding carboxylic acids is 1. The summed E-state index contributed by atoms with van der Waals surface area (Å²) in [5, 5.41) is 0. The van der Waals surface area contributed by atoms with Crippen molar-refractivity contribution in [3.63, 3.8) is 0 Å². The second-order valence-corrected chi connectivity index (χ2v) is 3.59. The first kappa shape index (κ1) is 8.30. The van der Waals surface area contributed by atoms with Gasteiger partial charge in [0.05, 0.1) is 0 Å². The molecule has 1 unspecified atom stereocenters. The summed E-state index contributed by atoms with van der Waals surface area (Å²) < 4.78 is 0. The molecule has 0 saturated heterocycles. The van der Waals surface area contributed by atoms with Crippen LogP contribution in [-0.4, -0.2) is 6.29 Å². The molecule has 0 radical (unpaired) electrons. The molecule has 1 aliphatic carbocycles. The van der Waals surface area contributed by atoms with Crippen LogP contribution in [0.3, 0.4) is 0 Å². The largest absolute Gasteiger partial charge is 0.399 e. The standard InChI is InChI=1S/C11H13NO/c12-10-5-4-8-2-1-3-9(7-13)11(8)6-10/h4-7,9H,1-3,12H2. The summed E-state index contributed by atoms with van der Waals surface area (Å²) in [6.07, 6.45) is 4.21. The van der Waals surface area contributed by atoms with Gasteiger partial charge in [-0.05, 0) is 42.5 Å². The van der Waals surface area contributed by atoms with Gasteiger partial charge in [-0.2, -0.15) is 0 Å². The molecule has 0 aliphatic heterocycles. The van der Waals surface area contributed by atoms with Crippen molar-refractivity contribution in [1.82, 2.24) is 0 Å². The van der Waals surface area contributed by atoms with Gasteiger partial charge in [-0.25, -0.2) is 0 Å². The smallest absolute Gasteiger partial charge is 0.127 e. The quantitative estimate of drug-likeness (QED) is 0.523. The van der Waals surface area contributed by atoms with E-state index in [4.69, 9.17) is 5.73 Å². The van der Waals surface area contributed by atoms with Crippen molar-refractivity contribution in [3.05, 3.63) is 29.3 Å². The lowest BCUT2D eigenvalue weighted by Crippen LogP contribution is -2.11. The summed E-state index contributed by atoms with van der Waals surface area (Å²) in [6, 6.07) is 5.89. The maximum Gasteiger partial charge on any atom is 0.127 e. The minimum absolute atomic E-state index is 0.0762. The lowest BCUT2D eigenvalue weighted by molar-refractivity contribution is -0.109.